The van der Waals surface area contributed by atoms with Gasteiger partial charge in [0, 0.05) is 13.1 Å². The van der Waals surface area contributed by atoms with Gasteiger partial charge in [-0.3, -0.25) is 9.48 Å². The number of benzene rings is 1. The Morgan fingerprint density at radius 2 is 2.09 bits per heavy atom. The number of carbonyl (C=O) groups is 1. The summed E-state index contributed by atoms with van der Waals surface area (Å²) < 4.78 is 25.7. The molecule has 8 heteroatoms. The summed E-state index contributed by atoms with van der Waals surface area (Å²) in [7, 11) is -3.42. The number of nitrogens with zero attached hydrogens (tertiary/aromatic N) is 3. The van der Waals surface area contributed by atoms with Gasteiger partial charge in [0.25, 0.3) is 5.91 Å². The van der Waals surface area contributed by atoms with Crippen molar-refractivity contribution in [2.24, 2.45) is 0 Å². The molecule has 0 saturated heterocycles. The molecule has 0 aliphatic carbocycles. The maximum absolute atomic E-state index is 12.2. The molecular formula is C14H18N4O3S. The van der Waals surface area contributed by atoms with E-state index in [0.717, 1.165) is 0 Å². The zero-order chi connectivity index (χ0) is 16.0. The topological polar surface area (TPSA) is 94.0 Å². The van der Waals surface area contributed by atoms with Crippen molar-refractivity contribution in [1.82, 2.24) is 20.1 Å². The van der Waals surface area contributed by atoms with E-state index in [2.05, 4.69) is 15.4 Å². The fraction of sp³-hybridized carbons (Fsp3) is 0.357. The van der Waals surface area contributed by atoms with Crippen molar-refractivity contribution >= 4 is 15.7 Å². The van der Waals surface area contributed by atoms with E-state index in [0.29, 0.717) is 19.5 Å². The van der Waals surface area contributed by atoms with Crippen molar-refractivity contribution < 1.29 is 13.2 Å². The second-order valence-corrected chi connectivity index (χ2v) is 6.91. The van der Waals surface area contributed by atoms with Crippen LogP contribution < -0.4 is 5.32 Å². The summed E-state index contributed by atoms with van der Waals surface area (Å²) in [5.41, 5.74) is 0.185. The molecule has 2 rings (SSSR count). The first kappa shape index (κ1) is 16.2. The van der Waals surface area contributed by atoms with E-state index < -0.39 is 9.84 Å². The van der Waals surface area contributed by atoms with Crippen LogP contribution in [0.2, 0.25) is 0 Å². The van der Waals surface area contributed by atoms with Crippen LogP contribution in [0.15, 0.2) is 41.8 Å². The highest BCUT2D eigenvalue weighted by atomic mass is 32.2. The van der Waals surface area contributed by atoms with Crippen molar-refractivity contribution in [2.45, 2.75) is 24.8 Å². The molecule has 0 aliphatic rings. The second-order valence-electron chi connectivity index (χ2n) is 4.67. The third-order valence-corrected chi connectivity index (χ3v) is 4.95. The minimum absolute atomic E-state index is 0.0381. The molecule has 0 unspecified atom stereocenters. The number of hydrogen-bond acceptors (Lipinski definition) is 5. The third kappa shape index (κ3) is 3.91. The molecule has 0 aliphatic heterocycles. The van der Waals surface area contributed by atoms with Crippen molar-refractivity contribution in [3.8, 4) is 0 Å². The Morgan fingerprint density at radius 1 is 1.32 bits per heavy atom. The highest BCUT2D eigenvalue weighted by molar-refractivity contribution is 7.91. The van der Waals surface area contributed by atoms with E-state index in [1.165, 1.54) is 18.5 Å². The summed E-state index contributed by atoms with van der Waals surface area (Å²) in [6.07, 6.45) is 3.73. The smallest absolute Gasteiger partial charge is 0.252 e. The normalized spacial score (nSPS) is 11.3. The van der Waals surface area contributed by atoms with Crippen molar-refractivity contribution in [2.75, 3.05) is 12.3 Å². The zero-order valence-corrected chi connectivity index (χ0v) is 13.1. The van der Waals surface area contributed by atoms with Gasteiger partial charge in [-0.2, -0.15) is 5.10 Å². The van der Waals surface area contributed by atoms with Gasteiger partial charge in [-0.25, -0.2) is 13.4 Å². The lowest BCUT2D eigenvalue weighted by Gasteiger charge is -2.10. The number of sulfone groups is 1. The van der Waals surface area contributed by atoms with Gasteiger partial charge in [-0.05, 0) is 18.6 Å². The van der Waals surface area contributed by atoms with E-state index in [1.54, 1.807) is 30.1 Å². The average molecular weight is 322 g/mol. The molecule has 118 valence electrons. The fourth-order valence-corrected chi connectivity index (χ4v) is 3.06. The quantitative estimate of drug-likeness (QED) is 0.764. The summed E-state index contributed by atoms with van der Waals surface area (Å²) in [5.74, 6) is -0.421. The molecule has 1 aromatic carbocycles. The molecule has 0 atom stereocenters. The lowest BCUT2D eigenvalue weighted by molar-refractivity contribution is 0.0949. The van der Waals surface area contributed by atoms with Gasteiger partial charge in [-0.1, -0.05) is 19.1 Å². The molecule has 7 nitrogen and oxygen atoms in total. The van der Waals surface area contributed by atoms with Crippen LogP contribution in [0.3, 0.4) is 0 Å². The lowest BCUT2D eigenvalue weighted by Crippen LogP contribution is -2.27. The van der Waals surface area contributed by atoms with Crippen LogP contribution in [0.5, 0.6) is 0 Å². The predicted molar refractivity (Wildman–Crippen MR) is 81.1 cm³/mol. The molecule has 0 fully saturated rings. The first-order valence-corrected chi connectivity index (χ1v) is 8.62. The van der Waals surface area contributed by atoms with Crippen LogP contribution in [-0.4, -0.2) is 41.4 Å². The number of aryl methyl sites for hydroxylation is 1. The van der Waals surface area contributed by atoms with E-state index >= 15 is 0 Å². The summed E-state index contributed by atoms with van der Waals surface area (Å²) in [4.78, 5) is 16.1. The molecule has 2 aromatic rings. The Hall–Kier alpha value is -2.22. The molecule has 1 amide bonds. The highest BCUT2D eigenvalue weighted by Crippen LogP contribution is 2.16. The Bertz CT molecular complexity index is 726. The third-order valence-electron chi connectivity index (χ3n) is 3.16. The number of aromatic nitrogens is 3. The van der Waals surface area contributed by atoms with Gasteiger partial charge in [-0.15, -0.1) is 0 Å². The maximum atomic E-state index is 12.2. The Labute approximate surface area is 129 Å². The molecule has 1 N–H and O–H groups in total. The Kier molecular flexibility index (Phi) is 5.26. The molecule has 0 bridgehead atoms. The largest absolute Gasteiger partial charge is 0.352 e. The SMILES string of the molecule is CCS(=O)(=O)c1ccccc1C(=O)NCCCn1cncn1. The van der Waals surface area contributed by atoms with Crippen LogP contribution in [0.1, 0.15) is 23.7 Å². The van der Waals surface area contributed by atoms with E-state index in [9.17, 15) is 13.2 Å². The van der Waals surface area contributed by atoms with Gasteiger partial charge in [0.1, 0.15) is 12.7 Å². The Morgan fingerprint density at radius 3 is 2.77 bits per heavy atom. The van der Waals surface area contributed by atoms with E-state index in [-0.39, 0.29) is 22.1 Å². The van der Waals surface area contributed by atoms with Gasteiger partial charge >= 0.3 is 0 Å². The minimum atomic E-state index is -3.42. The number of rotatable bonds is 7. The summed E-state index contributed by atoms with van der Waals surface area (Å²) in [6.45, 7) is 2.62. The second kappa shape index (κ2) is 7.17. The summed E-state index contributed by atoms with van der Waals surface area (Å²) in [5, 5.41) is 6.70. The first-order chi connectivity index (χ1) is 10.5. The molecule has 1 aromatic heterocycles. The Balaban J connectivity index is 1.98. The fourth-order valence-electron chi connectivity index (χ4n) is 1.97. The van der Waals surface area contributed by atoms with E-state index in [1.807, 2.05) is 0 Å². The van der Waals surface area contributed by atoms with Gasteiger partial charge in [0.15, 0.2) is 9.84 Å². The molecule has 22 heavy (non-hydrogen) atoms. The van der Waals surface area contributed by atoms with Crippen LogP contribution in [-0.2, 0) is 16.4 Å². The molecule has 0 radical (unpaired) electrons. The van der Waals surface area contributed by atoms with Crippen LogP contribution in [0.25, 0.3) is 0 Å². The summed E-state index contributed by atoms with van der Waals surface area (Å²) in [6, 6.07) is 6.25. The monoisotopic (exact) mass is 322 g/mol. The number of carbonyl (C=O) groups excluding carboxylic acids is 1. The molecule has 1 heterocycles. The summed E-state index contributed by atoms with van der Waals surface area (Å²) >= 11 is 0. The van der Waals surface area contributed by atoms with Crippen molar-refractivity contribution in [3.63, 3.8) is 0 Å². The van der Waals surface area contributed by atoms with Crippen LogP contribution >= 0.6 is 0 Å². The van der Waals surface area contributed by atoms with E-state index in [4.69, 9.17) is 0 Å². The van der Waals surface area contributed by atoms with Gasteiger partial charge in [0.2, 0.25) is 0 Å². The number of amides is 1. The average Bonchev–Trinajstić information content (AvgIpc) is 3.04. The van der Waals surface area contributed by atoms with Crippen LogP contribution in [0, 0.1) is 0 Å². The minimum Gasteiger partial charge on any atom is -0.352 e. The van der Waals surface area contributed by atoms with Gasteiger partial charge < -0.3 is 5.32 Å². The van der Waals surface area contributed by atoms with Gasteiger partial charge in [0.05, 0.1) is 16.2 Å². The maximum Gasteiger partial charge on any atom is 0.252 e. The predicted octanol–water partition coefficient (Wildman–Crippen LogP) is 0.892. The first-order valence-electron chi connectivity index (χ1n) is 6.97. The van der Waals surface area contributed by atoms with Crippen molar-refractivity contribution in [1.29, 1.82) is 0 Å². The zero-order valence-electron chi connectivity index (χ0n) is 12.3. The van der Waals surface area contributed by atoms with Crippen LogP contribution in [0.4, 0.5) is 0 Å². The molecular weight excluding hydrogens is 304 g/mol. The molecule has 0 spiro atoms. The number of hydrogen-bond donors (Lipinski definition) is 1. The van der Waals surface area contributed by atoms with Crippen molar-refractivity contribution in [3.05, 3.63) is 42.5 Å². The number of nitrogens with one attached hydrogen (secondary N) is 1. The molecule has 0 saturated carbocycles. The standard InChI is InChI=1S/C14H18N4O3S/c1-2-22(20,21)13-7-4-3-6-12(13)14(19)16-8-5-9-18-11-15-10-17-18/h3-4,6-7,10-11H,2,5,8-9H2,1H3,(H,16,19). The lowest BCUT2D eigenvalue weighted by atomic mass is 10.2. The highest BCUT2D eigenvalue weighted by Gasteiger charge is 2.20.